The Morgan fingerprint density at radius 3 is 2.52 bits per heavy atom. The van der Waals surface area contributed by atoms with E-state index in [1.807, 2.05) is 6.92 Å². The molecule has 2 rings (SSSR count). The highest BCUT2D eigenvalue weighted by Crippen LogP contribution is 2.30. The van der Waals surface area contributed by atoms with Gasteiger partial charge in [0, 0.05) is 26.7 Å². The van der Waals surface area contributed by atoms with E-state index < -0.39 is 15.7 Å². The summed E-state index contributed by atoms with van der Waals surface area (Å²) >= 11 is 0. The summed E-state index contributed by atoms with van der Waals surface area (Å²) in [6.07, 6.45) is 6.14. The number of guanidine groups is 1. The van der Waals surface area contributed by atoms with Gasteiger partial charge in [-0.25, -0.2) is 12.8 Å². The van der Waals surface area contributed by atoms with Crippen LogP contribution in [-0.2, 0) is 14.6 Å². The molecule has 1 fully saturated rings. The molecule has 6 nitrogen and oxygen atoms in total. The Labute approximate surface area is 191 Å². The van der Waals surface area contributed by atoms with Crippen LogP contribution in [-0.4, -0.2) is 53.0 Å². The maximum absolute atomic E-state index is 13.7. The second-order valence-electron chi connectivity index (χ2n) is 7.00. The Morgan fingerprint density at radius 2 is 1.90 bits per heavy atom. The van der Waals surface area contributed by atoms with Crippen LogP contribution in [0.1, 0.15) is 39.0 Å². The van der Waals surface area contributed by atoms with Crippen molar-refractivity contribution < 1.29 is 17.5 Å². The average molecular weight is 541 g/mol. The Kier molecular flexibility index (Phi) is 12.0. The van der Waals surface area contributed by atoms with Crippen LogP contribution in [0.25, 0.3) is 0 Å². The van der Waals surface area contributed by atoms with Gasteiger partial charge in [-0.15, -0.1) is 24.0 Å². The number of sulfone groups is 1. The lowest BCUT2D eigenvalue weighted by atomic mass is 9.98. The Hall–Kier alpha value is -0.940. The predicted octanol–water partition coefficient (Wildman–Crippen LogP) is 3.37. The van der Waals surface area contributed by atoms with Crippen molar-refractivity contribution >= 4 is 39.8 Å². The smallest absolute Gasteiger partial charge is 0.191 e. The summed E-state index contributed by atoms with van der Waals surface area (Å²) in [5.41, 5.74) is 0. The first-order chi connectivity index (χ1) is 13.5. The van der Waals surface area contributed by atoms with Crippen molar-refractivity contribution in [1.82, 2.24) is 10.6 Å². The van der Waals surface area contributed by atoms with Gasteiger partial charge >= 0.3 is 0 Å². The van der Waals surface area contributed by atoms with Crippen molar-refractivity contribution in [3.05, 3.63) is 30.1 Å². The van der Waals surface area contributed by atoms with Gasteiger partial charge < -0.3 is 15.4 Å². The fourth-order valence-electron chi connectivity index (χ4n) is 3.66. The number of rotatable bonds is 10. The molecule has 0 heterocycles. The van der Waals surface area contributed by atoms with E-state index in [0.717, 1.165) is 12.5 Å². The lowest BCUT2D eigenvalue weighted by Gasteiger charge is -2.24. The molecule has 1 aromatic rings. The number of benzene rings is 1. The molecule has 1 aromatic carbocycles. The summed E-state index contributed by atoms with van der Waals surface area (Å²) in [7, 11) is -2.05. The number of hydrogen-bond donors (Lipinski definition) is 2. The zero-order valence-electron chi connectivity index (χ0n) is 17.2. The van der Waals surface area contributed by atoms with Crippen LogP contribution in [0.4, 0.5) is 4.39 Å². The molecule has 0 saturated heterocycles. The zero-order chi connectivity index (χ0) is 20.4. The quantitative estimate of drug-likeness (QED) is 0.270. The van der Waals surface area contributed by atoms with Gasteiger partial charge in [-0.1, -0.05) is 25.0 Å². The highest BCUT2D eigenvalue weighted by Gasteiger charge is 2.25. The van der Waals surface area contributed by atoms with Gasteiger partial charge in [-0.2, -0.15) is 0 Å². The summed E-state index contributed by atoms with van der Waals surface area (Å²) in [5.74, 6) is 0.227. The summed E-state index contributed by atoms with van der Waals surface area (Å²) in [5, 5.41) is 6.20. The van der Waals surface area contributed by atoms with Crippen LogP contribution in [0.2, 0.25) is 0 Å². The molecule has 9 heteroatoms. The third-order valence-corrected chi connectivity index (χ3v) is 6.83. The molecule has 1 atom stereocenters. The largest absolute Gasteiger partial charge is 0.378 e. The molecule has 0 aromatic heterocycles. The SMILES string of the molecule is CCOC(CCNC(=NC)NCCS(=O)(=O)c1ccccc1F)C1CCCC1.I. The maximum Gasteiger partial charge on any atom is 0.191 e. The highest BCUT2D eigenvalue weighted by molar-refractivity contribution is 14.0. The first-order valence-corrected chi connectivity index (χ1v) is 11.7. The van der Waals surface area contributed by atoms with Crippen LogP contribution in [0.3, 0.4) is 0 Å². The molecule has 0 radical (unpaired) electrons. The van der Waals surface area contributed by atoms with Gasteiger partial charge in [0.1, 0.15) is 10.7 Å². The number of ether oxygens (including phenoxy) is 1. The molecule has 1 aliphatic rings. The third-order valence-electron chi connectivity index (χ3n) is 5.09. The topological polar surface area (TPSA) is 79.8 Å². The fourth-order valence-corrected chi connectivity index (χ4v) is 4.90. The van der Waals surface area contributed by atoms with Crippen LogP contribution < -0.4 is 10.6 Å². The number of hydrogen-bond acceptors (Lipinski definition) is 4. The van der Waals surface area contributed by atoms with Gasteiger partial charge in [0.05, 0.1) is 11.9 Å². The lowest BCUT2D eigenvalue weighted by molar-refractivity contribution is 0.0169. The molecule has 29 heavy (non-hydrogen) atoms. The van der Waals surface area contributed by atoms with Crippen LogP contribution in [0.5, 0.6) is 0 Å². The molecule has 1 unspecified atom stereocenters. The van der Waals surface area contributed by atoms with E-state index in [1.54, 1.807) is 7.05 Å². The lowest BCUT2D eigenvalue weighted by Crippen LogP contribution is -2.41. The standard InChI is InChI=1S/C20H32FN3O3S.HI/c1-3-27-18(16-8-4-5-9-16)12-13-23-20(22-2)24-14-15-28(25,26)19-11-7-6-10-17(19)21;/h6-7,10-11,16,18H,3-5,8-9,12-15H2,1-2H3,(H2,22,23,24);1H. The second-order valence-corrected chi connectivity index (χ2v) is 9.08. The van der Waals surface area contributed by atoms with Crippen molar-refractivity contribution in [3.8, 4) is 0 Å². The first-order valence-electron chi connectivity index (χ1n) is 10.0. The summed E-state index contributed by atoms with van der Waals surface area (Å²) in [4.78, 5) is 3.86. The number of nitrogens with zero attached hydrogens (tertiary/aromatic N) is 1. The van der Waals surface area contributed by atoms with Crippen LogP contribution >= 0.6 is 24.0 Å². The molecule has 0 aliphatic heterocycles. The van der Waals surface area contributed by atoms with Gasteiger partial charge in [0.25, 0.3) is 0 Å². The zero-order valence-corrected chi connectivity index (χ0v) is 20.3. The van der Waals surface area contributed by atoms with E-state index in [0.29, 0.717) is 25.0 Å². The van der Waals surface area contributed by atoms with E-state index >= 15 is 0 Å². The molecular weight excluding hydrogens is 508 g/mol. The molecular formula is C20H33FIN3O3S. The highest BCUT2D eigenvalue weighted by atomic mass is 127. The third kappa shape index (κ3) is 8.37. The van der Waals surface area contributed by atoms with E-state index in [2.05, 4.69) is 15.6 Å². The fraction of sp³-hybridized carbons (Fsp3) is 0.650. The molecule has 1 saturated carbocycles. The van der Waals surface area contributed by atoms with Crippen LogP contribution in [0, 0.1) is 11.7 Å². The number of halogens is 2. The van der Waals surface area contributed by atoms with Crippen molar-refractivity contribution in [2.24, 2.45) is 10.9 Å². The summed E-state index contributed by atoms with van der Waals surface area (Å²) in [6, 6.07) is 5.43. The van der Waals surface area contributed by atoms with Crippen molar-refractivity contribution in [2.75, 3.05) is 32.5 Å². The Morgan fingerprint density at radius 1 is 1.24 bits per heavy atom. The number of nitrogens with one attached hydrogen (secondary N) is 2. The monoisotopic (exact) mass is 541 g/mol. The molecule has 166 valence electrons. The van der Waals surface area contributed by atoms with Gasteiger partial charge in [-0.3, -0.25) is 4.99 Å². The molecule has 0 bridgehead atoms. The van der Waals surface area contributed by atoms with Gasteiger partial charge in [0.15, 0.2) is 15.8 Å². The van der Waals surface area contributed by atoms with E-state index in [9.17, 15) is 12.8 Å². The molecule has 1 aliphatic carbocycles. The Balaban J connectivity index is 0.00000420. The number of aliphatic imine (C=N–C) groups is 1. The van der Waals surface area contributed by atoms with Gasteiger partial charge in [-0.05, 0) is 44.2 Å². The van der Waals surface area contributed by atoms with Crippen molar-refractivity contribution in [2.45, 2.75) is 50.0 Å². The minimum Gasteiger partial charge on any atom is -0.378 e. The van der Waals surface area contributed by atoms with E-state index in [1.165, 1.54) is 43.9 Å². The average Bonchev–Trinajstić information content (AvgIpc) is 3.20. The van der Waals surface area contributed by atoms with Gasteiger partial charge in [0.2, 0.25) is 0 Å². The van der Waals surface area contributed by atoms with E-state index in [-0.39, 0.29) is 47.3 Å². The van der Waals surface area contributed by atoms with Crippen LogP contribution in [0.15, 0.2) is 34.2 Å². The Bertz CT molecular complexity index is 740. The summed E-state index contributed by atoms with van der Waals surface area (Å²) in [6.45, 7) is 3.57. The molecule has 0 spiro atoms. The van der Waals surface area contributed by atoms with Crippen molar-refractivity contribution in [1.29, 1.82) is 0 Å². The normalized spacial score (nSPS) is 16.3. The van der Waals surface area contributed by atoms with E-state index in [4.69, 9.17) is 4.74 Å². The summed E-state index contributed by atoms with van der Waals surface area (Å²) < 4.78 is 44.2. The molecule has 0 amide bonds. The minimum absolute atomic E-state index is 0. The first kappa shape index (κ1) is 26.1. The predicted molar refractivity (Wildman–Crippen MR) is 125 cm³/mol. The molecule has 2 N–H and O–H groups in total. The second kappa shape index (κ2) is 13.4. The minimum atomic E-state index is -3.69. The van der Waals surface area contributed by atoms with Crippen molar-refractivity contribution in [3.63, 3.8) is 0 Å². The maximum atomic E-state index is 13.7.